The first kappa shape index (κ1) is 15.5. The van der Waals surface area contributed by atoms with Gasteiger partial charge in [0.15, 0.2) is 0 Å². The minimum atomic E-state index is -0.478. The van der Waals surface area contributed by atoms with Gasteiger partial charge in [0.05, 0.1) is 0 Å². The summed E-state index contributed by atoms with van der Waals surface area (Å²) in [6, 6.07) is 29.6. The SMILES string of the molecule is O=C1C(Oc2ccccc2)C(c2ccccc2)N1Cc1ccccc1. The van der Waals surface area contributed by atoms with Gasteiger partial charge in [-0.05, 0) is 23.3 Å². The third-order valence-corrected chi connectivity index (χ3v) is 4.49. The van der Waals surface area contributed by atoms with Crippen LogP contribution in [0, 0.1) is 0 Å². The fourth-order valence-corrected chi connectivity index (χ4v) is 3.24. The van der Waals surface area contributed by atoms with Crippen LogP contribution in [-0.2, 0) is 11.3 Å². The van der Waals surface area contributed by atoms with Crippen LogP contribution in [0.2, 0.25) is 0 Å². The van der Waals surface area contributed by atoms with Gasteiger partial charge in [-0.1, -0.05) is 78.9 Å². The molecule has 0 aliphatic carbocycles. The number of likely N-dealkylation sites (tertiary alicyclic amines) is 1. The van der Waals surface area contributed by atoms with Crippen LogP contribution in [-0.4, -0.2) is 16.9 Å². The molecule has 1 aliphatic heterocycles. The number of hydrogen-bond donors (Lipinski definition) is 0. The van der Waals surface area contributed by atoms with Crippen LogP contribution in [0.15, 0.2) is 91.0 Å². The molecule has 0 spiro atoms. The summed E-state index contributed by atoms with van der Waals surface area (Å²) in [6.45, 7) is 0.591. The summed E-state index contributed by atoms with van der Waals surface area (Å²) >= 11 is 0. The fraction of sp³-hybridized carbons (Fsp3) is 0.136. The maximum Gasteiger partial charge on any atom is 0.267 e. The molecule has 3 aromatic carbocycles. The highest BCUT2D eigenvalue weighted by atomic mass is 16.5. The molecular formula is C22H19NO2. The molecule has 25 heavy (non-hydrogen) atoms. The zero-order chi connectivity index (χ0) is 17.1. The monoisotopic (exact) mass is 329 g/mol. The number of β-lactam (4-membered cyclic amide) rings is 1. The highest BCUT2D eigenvalue weighted by molar-refractivity contribution is 5.89. The van der Waals surface area contributed by atoms with E-state index in [0.29, 0.717) is 6.54 Å². The highest BCUT2D eigenvalue weighted by Gasteiger charge is 2.49. The van der Waals surface area contributed by atoms with E-state index in [1.807, 2.05) is 83.8 Å². The van der Waals surface area contributed by atoms with Crippen LogP contribution in [0.1, 0.15) is 17.2 Å². The first-order valence-corrected chi connectivity index (χ1v) is 8.44. The molecular weight excluding hydrogens is 310 g/mol. The van der Waals surface area contributed by atoms with Crippen molar-refractivity contribution in [3.63, 3.8) is 0 Å². The van der Waals surface area contributed by atoms with Crippen LogP contribution in [0.4, 0.5) is 0 Å². The Bertz CT molecular complexity index is 782. The van der Waals surface area contributed by atoms with Crippen molar-refractivity contribution in [2.75, 3.05) is 0 Å². The second-order valence-electron chi connectivity index (χ2n) is 6.16. The summed E-state index contributed by atoms with van der Waals surface area (Å²) in [4.78, 5) is 14.6. The Kier molecular flexibility index (Phi) is 4.21. The molecule has 0 aromatic heterocycles. The van der Waals surface area contributed by atoms with E-state index in [0.717, 1.165) is 16.9 Å². The van der Waals surface area contributed by atoms with Crippen LogP contribution in [0.5, 0.6) is 5.75 Å². The van der Waals surface area contributed by atoms with Gasteiger partial charge in [-0.3, -0.25) is 4.79 Å². The number of hydrogen-bond acceptors (Lipinski definition) is 2. The van der Waals surface area contributed by atoms with Gasteiger partial charge < -0.3 is 9.64 Å². The highest BCUT2D eigenvalue weighted by Crippen LogP contribution is 2.38. The molecule has 1 heterocycles. The third-order valence-electron chi connectivity index (χ3n) is 4.49. The molecule has 3 heteroatoms. The van der Waals surface area contributed by atoms with E-state index >= 15 is 0 Å². The van der Waals surface area contributed by atoms with Crippen LogP contribution >= 0.6 is 0 Å². The average molecular weight is 329 g/mol. The number of carbonyl (C=O) groups is 1. The largest absolute Gasteiger partial charge is 0.478 e. The predicted molar refractivity (Wildman–Crippen MR) is 97.0 cm³/mol. The lowest BCUT2D eigenvalue weighted by atomic mass is 9.90. The van der Waals surface area contributed by atoms with Crippen molar-refractivity contribution in [1.82, 2.24) is 4.90 Å². The molecule has 1 saturated heterocycles. The third kappa shape index (κ3) is 3.13. The minimum absolute atomic E-state index is 0.0292. The summed E-state index contributed by atoms with van der Waals surface area (Å²) in [7, 11) is 0. The van der Waals surface area contributed by atoms with E-state index in [9.17, 15) is 4.79 Å². The molecule has 4 rings (SSSR count). The molecule has 0 bridgehead atoms. The molecule has 124 valence electrons. The summed E-state index contributed by atoms with van der Waals surface area (Å²) in [5, 5.41) is 0. The van der Waals surface area contributed by atoms with E-state index in [4.69, 9.17) is 4.74 Å². The lowest BCUT2D eigenvalue weighted by Gasteiger charge is -2.46. The molecule has 1 aliphatic rings. The number of amides is 1. The second kappa shape index (κ2) is 6.81. The van der Waals surface area contributed by atoms with Gasteiger partial charge in [0.1, 0.15) is 11.8 Å². The second-order valence-corrected chi connectivity index (χ2v) is 6.16. The fourth-order valence-electron chi connectivity index (χ4n) is 3.24. The molecule has 0 saturated carbocycles. The van der Waals surface area contributed by atoms with Gasteiger partial charge in [-0.2, -0.15) is 0 Å². The van der Waals surface area contributed by atoms with E-state index < -0.39 is 6.10 Å². The Morgan fingerprint density at radius 2 is 1.32 bits per heavy atom. The normalized spacial score (nSPS) is 19.4. The van der Waals surface area contributed by atoms with Gasteiger partial charge in [0, 0.05) is 6.54 Å². The minimum Gasteiger partial charge on any atom is -0.478 e. The lowest BCUT2D eigenvalue weighted by Crippen LogP contribution is -2.60. The summed E-state index contributed by atoms with van der Waals surface area (Å²) in [5.74, 6) is 0.753. The quantitative estimate of drug-likeness (QED) is 0.656. The van der Waals surface area contributed by atoms with Gasteiger partial charge in [-0.15, -0.1) is 0 Å². The number of benzene rings is 3. The lowest BCUT2D eigenvalue weighted by molar-refractivity contribution is -0.165. The number of nitrogens with zero attached hydrogens (tertiary/aromatic N) is 1. The van der Waals surface area contributed by atoms with Gasteiger partial charge >= 0.3 is 0 Å². The van der Waals surface area contributed by atoms with Crippen LogP contribution < -0.4 is 4.74 Å². The molecule has 0 radical (unpaired) electrons. The van der Waals surface area contributed by atoms with Crippen molar-refractivity contribution in [3.05, 3.63) is 102 Å². The average Bonchev–Trinajstić information content (AvgIpc) is 2.69. The van der Waals surface area contributed by atoms with E-state index in [1.54, 1.807) is 0 Å². The van der Waals surface area contributed by atoms with E-state index in [1.165, 1.54) is 0 Å². The van der Waals surface area contributed by atoms with Crippen molar-refractivity contribution in [1.29, 1.82) is 0 Å². The Balaban J connectivity index is 1.60. The number of para-hydroxylation sites is 1. The Morgan fingerprint density at radius 3 is 1.96 bits per heavy atom. The van der Waals surface area contributed by atoms with Crippen LogP contribution in [0.3, 0.4) is 0 Å². The molecule has 3 nitrogen and oxygen atoms in total. The Labute approximate surface area is 147 Å². The van der Waals surface area contributed by atoms with Gasteiger partial charge in [-0.25, -0.2) is 0 Å². The van der Waals surface area contributed by atoms with Crippen molar-refractivity contribution in [3.8, 4) is 5.75 Å². The number of rotatable bonds is 5. The molecule has 3 aromatic rings. The van der Waals surface area contributed by atoms with Gasteiger partial charge in [0.2, 0.25) is 6.10 Å². The molecule has 1 amide bonds. The van der Waals surface area contributed by atoms with Crippen molar-refractivity contribution < 1.29 is 9.53 Å². The van der Waals surface area contributed by atoms with Gasteiger partial charge in [0.25, 0.3) is 5.91 Å². The smallest absolute Gasteiger partial charge is 0.267 e. The van der Waals surface area contributed by atoms with Crippen molar-refractivity contribution in [2.24, 2.45) is 0 Å². The van der Waals surface area contributed by atoms with E-state index in [2.05, 4.69) is 12.1 Å². The summed E-state index contributed by atoms with van der Waals surface area (Å²) < 4.78 is 6.01. The van der Waals surface area contributed by atoms with Crippen molar-refractivity contribution >= 4 is 5.91 Å². The zero-order valence-electron chi connectivity index (χ0n) is 13.8. The first-order valence-electron chi connectivity index (χ1n) is 8.44. The molecule has 1 fully saturated rings. The number of ether oxygens (including phenoxy) is 1. The Morgan fingerprint density at radius 1 is 0.760 bits per heavy atom. The Hall–Kier alpha value is -3.07. The standard InChI is InChI=1S/C22H19NO2/c24-22-21(25-19-14-8-3-9-15-19)20(18-12-6-2-7-13-18)23(22)16-17-10-4-1-5-11-17/h1-15,20-21H,16H2. The summed E-state index contributed by atoms with van der Waals surface area (Å²) in [6.07, 6.45) is -0.478. The molecule has 2 unspecified atom stereocenters. The maximum atomic E-state index is 12.8. The topological polar surface area (TPSA) is 29.5 Å². The van der Waals surface area contributed by atoms with Crippen LogP contribution in [0.25, 0.3) is 0 Å². The molecule has 0 N–H and O–H groups in total. The molecule has 2 atom stereocenters. The first-order chi connectivity index (χ1) is 12.3. The van der Waals surface area contributed by atoms with Crippen molar-refractivity contribution in [2.45, 2.75) is 18.7 Å². The predicted octanol–water partition coefficient (Wildman–Crippen LogP) is 4.22. The summed E-state index contributed by atoms with van der Waals surface area (Å²) in [5.41, 5.74) is 2.22. The van der Waals surface area contributed by atoms with E-state index in [-0.39, 0.29) is 11.9 Å². The zero-order valence-corrected chi connectivity index (χ0v) is 13.8. The number of carbonyl (C=O) groups excluding carboxylic acids is 1. The maximum absolute atomic E-state index is 12.8.